The summed E-state index contributed by atoms with van der Waals surface area (Å²) >= 11 is 1.41. The largest absolute Gasteiger partial charge is 0.333 e. The quantitative estimate of drug-likeness (QED) is 0.613. The molecule has 2 aromatic heterocycles. The van der Waals surface area contributed by atoms with E-state index in [1.165, 1.54) is 21.5 Å². The number of hydrogen-bond donors (Lipinski definition) is 1. The highest BCUT2D eigenvalue weighted by Gasteiger charge is 2.10. The molecule has 2 aromatic carbocycles. The van der Waals surface area contributed by atoms with Crippen molar-refractivity contribution >= 4 is 22.2 Å². The molecule has 0 saturated heterocycles. The monoisotopic (exact) mass is 348 g/mol. The van der Waals surface area contributed by atoms with Crippen molar-refractivity contribution in [3.8, 4) is 5.69 Å². The van der Waals surface area contributed by atoms with Gasteiger partial charge in [-0.15, -0.1) is 11.3 Å². The summed E-state index contributed by atoms with van der Waals surface area (Å²) in [7, 11) is 0. The molecule has 0 aliphatic rings. The Hall–Kier alpha value is -2.92. The third-order valence-corrected chi connectivity index (χ3v) is 5.00. The first kappa shape index (κ1) is 15.6. The first-order chi connectivity index (χ1) is 12.2. The molecule has 1 N–H and O–H groups in total. The molecule has 0 aliphatic heterocycles. The van der Waals surface area contributed by atoms with Crippen LogP contribution >= 0.6 is 11.3 Å². The van der Waals surface area contributed by atoms with Crippen LogP contribution in [-0.4, -0.2) is 9.55 Å². The van der Waals surface area contributed by atoms with Crippen LogP contribution in [0, 0.1) is 0 Å². The van der Waals surface area contributed by atoms with Gasteiger partial charge in [0.1, 0.15) is 0 Å². The molecule has 25 heavy (non-hydrogen) atoms. The lowest BCUT2D eigenvalue weighted by Crippen LogP contribution is -2.33. The van der Waals surface area contributed by atoms with Gasteiger partial charge in [0.15, 0.2) is 0 Å². The number of thiophene rings is 1. The van der Waals surface area contributed by atoms with Crippen molar-refractivity contribution in [2.75, 3.05) is 0 Å². The Kier molecular flexibility index (Phi) is 4.07. The van der Waals surface area contributed by atoms with E-state index >= 15 is 0 Å². The fourth-order valence-corrected chi connectivity index (χ4v) is 3.72. The maximum absolute atomic E-state index is 12.7. The summed E-state index contributed by atoms with van der Waals surface area (Å²) in [4.78, 5) is 27.8. The van der Waals surface area contributed by atoms with Gasteiger partial charge in [-0.3, -0.25) is 4.79 Å². The van der Waals surface area contributed by atoms with Crippen LogP contribution in [0.15, 0.2) is 74.9 Å². The number of H-pyrrole nitrogens is 1. The zero-order chi connectivity index (χ0) is 17.2. The zero-order valence-electron chi connectivity index (χ0n) is 13.4. The summed E-state index contributed by atoms with van der Waals surface area (Å²) in [6.45, 7) is 0. The molecule has 5 heteroatoms. The third kappa shape index (κ3) is 3.06. The lowest BCUT2D eigenvalue weighted by Gasteiger charge is -2.08. The Morgan fingerprint density at radius 2 is 1.64 bits per heavy atom. The van der Waals surface area contributed by atoms with Crippen LogP contribution in [0.4, 0.5) is 0 Å². The van der Waals surface area contributed by atoms with Gasteiger partial charge in [-0.2, -0.15) is 0 Å². The van der Waals surface area contributed by atoms with Crippen molar-refractivity contribution in [2.24, 2.45) is 0 Å². The molecular formula is C20H16N2O2S. The van der Waals surface area contributed by atoms with Crippen LogP contribution in [0.3, 0.4) is 0 Å². The van der Waals surface area contributed by atoms with Crippen molar-refractivity contribution in [1.29, 1.82) is 0 Å². The normalized spacial score (nSPS) is 11.0. The fourth-order valence-electron chi connectivity index (χ4n) is 2.96. The van der Waals surface area contributed by atoms with Gasteiger partial charge in [0.05, 0.1) is 16.6 Å². The fraction of sp³-hybridized carbons (Fsp3) is 0.100. The van der Waals surface area contributed by atoms with Gasteiger partial charge in [0, 0.05) is 10.8 Å². The van der Waals surface area contributed by atoms with E-state index in [9.17, 15) is 9.59 Å². The summed E-state index contributed by atoms with van der Waals surface area (Å²) in [6.07, 6.45) is 1.77. The summed E-state index contributed by atoms with van der Waals surface area (Å²) in [5, 5.41) is 4.08. The molecule has 0 fully saturated rings. The van der Waals surface area contributed by atoms with Crippen molar-refractivity contribution in [3.63, 3.8) is 0 Å². The Labute approximate surface area is 148 Å². The molecule has 0 unspecified atom stereocenters. The van der Waals surface area contributed by atoms with Crippen molar-refractivity contribution in [1.82, 2.24) is 9.55 Å². The molecule has 4 rings (SSSR count). The van der Waals surface area contributed by atoms with Gasteiger partial charge in [-0.05, 0) is 36.1 Å². The number of nitrogens with zero attached hydrogens (tertiary/aromatic N) is 1. The lowest BCUT2D eigenvalue weighted by atomic mass is 10.0. The number of aryl methyl sites for hydroxylation is 2. The molecule has 0 atom stereocenters. The molecule has 4 nitrogen and oxygen atoms in total. The number of nitrogens with one attached hydrogen (secondary N) is 1. The molecule has 2 heterocycles. The number of hydrogen-bond acceptors (Lipinski definition) is 3. The average Bonchev–Trinajstić information content (AvgIpc) is 3.10. The number of rotatable bonds is 4. The Morgan fingerprint density at radius 3 is 2.48 bits per heavy atom. The van der Waals surface area contributed by atoms with E-state index in [-0.39, 0.29) is 5.56 Å². The predicted molar refractivity (Wildman–Crippen MR) is 102 cm³/mol. The van der Waals surface area contributed by atoms with Crippen LogP contribution < -0.4 is 11.2 Å². The van der Waals surface area contributed by atoms with E-state index in [2.05, 4.69) is 17.1 Å². The molecule has 0 aliphatic carbocycles. The highest BCUT2D eigenvalue weighted by molar-refractivity contribution is 7.09. The van der Waals surface area contributed by atoms with E-state index in [1.54, 1.807) is 16.8 Å². The van der Waals surface area contributed by atoms with Gasteiger partial charge in [0.25, 0.3) is 5.56 Å². The van der Waals surface area contributed by atoms with Crippen molar-refractivity contribution in [2.45, 2.75) is 12.8 Å². The Balaban J connectivity index is 1.70. The molecule has 0 bridgehead atoms. The number of fused-ring (bicyclic) bond motifs is 1. The summed E-state index contributed by atoms with van der Waals surface area (Å²) < 4.78 is 1.21. The lowest BCUT2D eigenvalue weighted by molar-refractivity contribution is 0.893. The van der Waals surface area contributed by atoms with Gasteiger partial charge in [-0.1, -0.05) is 42.5 Å². The van der Waals surface area contributed by atoms with Crippen LogP contribution in [0.25, 0.3) is 16.6 Å². The van der Waals surface area contributed by atoms with Crippen LogP contribution in [-0.2, 0) is 12.8 Å². The standard InChI is InChI=1S/C20H16N2O2S/c23-19-17-12-25-13-18(17)21-20(24)22(19)16-8-4-7-15(11-16)10-9-14-5-2-1-3-6-14/h1-8,11-13H,9-10H2,(H,21,24). The molecule has 0 spiro atoms. The minimum Gasteiger partial charge on any atom is -0.306 e. The zero-order valence-corrected chi connectivity index (χ0v) is 14.3. The maximum atomic E-state index is 12.7. The SMILES string of the molecule is O=c1[nH]c2cscc2c(=O)n1-c1cccc(CCc2ccccc2)c1. The van der Waals surface area contributed by atoms with Gasteiger partial charge in [0.2, 0.25) is 0 Å². The summed E-state index contributed by atoms with van der Waals surface area (Å²) in [5.41, 5.74) is 2.87. The third-order valence-electron chi connectivity index (χ3n) is 4.25. The second-order valence-electron chi connectivity index (χ2n) is 5.93. The smallest absolute Gasteiger partial charge is 0.306 e. The van der Waals surface area contributed by atoms with Gasteiger partial charge >= 0.3 is 5.69 Å². The molecule has 0 radical (unpaired) electrons. The summed E-state index contributed by atoms with van der Waals surface area (Å²) in [6, 6.07) is 17.9. The molecule has 0 amide bonds. The van der Waals surface area contributed by atoms with Crippen LogP contribution in [0.5, 0.6) is 0 Å². The van der Waals surface area contributed by atoms with E-state index < -0.39 is 5.69 Å². The van der Waals surface area contributed by atoms with E-state index in [1.807, 2.05) is 36.4 Å². The minimum absolute atomic E-state index is 0.278. The molecule has 124 valence electrons. The minimum atomic E-state index is -0.406. The molecule has 4 aromatic rings. The first-order valence-corrected chi connectivity index (χ1v) is 9.01. The summed E-state index contributed by atoms with van der Waals surface area (Å²) in [5.74, 6) is 0. The van der Waals surface area contributed by atoms with E-state index in [0.717, 1.165) is 18.4 Å². The number of benzene rings is 2. The Morgan fingerprint density at radius 1 is 0.880 bits per heavy atom. The number of aromatic amines is 1. The second-order valence-corrected chi connectivity index (χ2v) is 6.67. The van der Waals surface area contributed by atoms with Crippen molar-refractivity contribution < 1.29 is 0 Å². The van der Waals surface area contributed by atoms with Gasteiger partial charge in [-0.25, -0.2) is 9.36 Å². The highest BCUT2D eigenvalue weighted by Crippen LogP contribution is 2.14. The average molecular weight is 348 g/mol. The number of aromatic nitrogens is 2. The molecular weight excluding hydrogens is 332 g/mol. The van der Waals surface area contributed by atoms with Gasteiger partial charge < -0.3 is 4.98 Å². The van der Waals surface area contributed by atoms with Crippen LogP contribution in [0.2, 0.25) is 0 Å². The highest BCUT2D eigenvalue weighted by atomic mass is 32.1. The Bertz CT molecular complexity index is 1140. The van der Waals surface area contributed by atoms with Crippen LogP contribution in [0.1, 0.15) is 11.1 Å². The van der Waals surface area contributed by atoms with E-state index in [0.29, 0.717) is 16.6 Å². The van der Waals surface area contributed by atoms with E-state index in [4.69, 9.17) is 0 Å². The maximum Gasteiger partial charge on any atom is 0.333 e. The molecule has 0 saturated carbocycles. The topological polar surface area (TPSA) is 54.9 Å². The second kappa shape index (κ2) is 6.53. The first-order valence-electron chi connectivity index (χ1n) is 8.07. The van der Waals surface area contributed by atoms with Crippen molar-refractivity contribution in [3.05, 3.63) is 97.3 Å². The predicted octanol–water partition coefficient (Wildman–Crippen LogP) is 3.53.